The summed E-state index contributed by atoms with van der Waals surface area (Å²) in [7, 11) is 0. The van der Waals surface area contributed by atoms with Crippen LogP contribution in [0.15, 0.2) is 24.3 Å². The Hall–Kier alpha value is -1.35. The summed E-state index contributed by atoms with van der Waals surface area (Å²) in [5.74, 6) is 0.364. The highest BCUT2D eigenvalue weighted by Crippen LogP contribution is 2.26. The maximum absolute atomic E-state index is 12.5. The zero-order valence-corrected chi connectivity index (χ0v) is 12.1. The van der Waals surface area contributed by atoms with Gasteiger partial charge < -0.3 is 10.2 Å². The number of hydrogen-bond acceptors (Lipinski definition) is 3. The minimum atomic E-state index is 0.0755. The summed E-state index contributed by atoms with van der Waals surface area (Å²) < 4.78 is 0. The first kappa shape index (κ1) is 13.6. The van der Waals surface area contributed by atoms with Gasteiger partial charge in [0.25, 0.3) is 0 Å². The second kappa shape index (κ2) is 6.40. The lowest BCUT2D eigenvalue weighted by molar-refractivity contribution is -0.119. The van der Waals surface area contributed by atoms with E-state index in [4.69, 9.17) is 0 Å². The molecule has 108 valence electrons. The number of aryl methyl sites for hydroxylation is 1. The normalized spacial score (nSPS) is 23.0. The first-order valence-electron chi connectivity index (χ1n) is 7.93. The van der Waals surface area contributed by atoms with Crippen molar-refractivity contribution in [1.82, 2.24) is 5.32 Å². The van der Waals surface area contributed by atoms with Crippen molar-refractivity contribution in [3.63, 3.8) is 0 Å². The van der Waals surface area contributed by atoms with Crippen LogP contribution in [0.4, 0.5) is 5.69 Å². The van der Waals surface area contributed by atoms with Crippen LogP contribution in [0.3, 0.4) is 0 Å². The summed E-state index contributed by atoms with van der Waals surface area (Å²) in [5.41, 5.74) is 2.65. The van der Waals surface area contributed by atoms with Gasteiger partial charge in [0.2, 0.25) is 0 Å². The van der Waals surface area contributed by atoms with Gasteiger partial charge in [-0.2, -0.15) is 0 Å². The topological polar surface area (TPSA) is 32.3 Å². The van der Waals surface area contributed by atoms with Crippen molar-refractivity contribution >= 4 is 11.5 Å². The second-order valence-corrected chi connectivity index (χ2v) is 5.98. The molecular weight excluding hydrogens is 248 g/mol. The molecule has 1 aromatic carbocycles. The molecule has 3 heteroatoms. The molecule has 0 amide bonds. The molecule has 1 saturated heterocycles. The third kappa shape index (κ3) is 3.04. The van der Waals surface area contributed by atoms with Crippen LogP contribution in [0, 0.1) is 0 Å². The van der Waals surface area contributed by atoms with Crippen LogP contribution in [0.1, 0.15) is 37.7 Å². The molecule has 1 aromatic rings. The monoisotopic (exact) mass is 272 g/mol. The van der Waals surface area contributed by atoms with E-state index in [2.05, 4.69) is 34.5 Å². The van der Waals surface area contributed by atoms with Gasteiger partial charge in [0.1, 0.15) is 0 Å². The zero-order chi connectivity index (χ0) is 13.8. The molecule has 20 heavy (non-hydrogen) atoms. The van der Waals surface area contributed by atoms with Gasteiger partial charge in [0.15, 0.2) is 5.78 Å². The van der Waals surface area contributed by atoms with Crippen molar-refractivity contribution in [2.75, 3.05) is 24.5 Å². The molecule has 2 aliphatic heterocycles. The summed E-state index contributed by atoms with van der Waals surface area (Å²) in [6, 6.07) is 8.59. The van der Waals surface area contributed by atoms with Gasteiger partial charge in [-0.1, -0.05) is 31.0 Å². The number of Topliss-reactive ketones (excluding diaryl/α,β-unsaturated/α-hetero) is 1. The lowest BCUT2D eigenvalue weighted by Crippen LogP contribution is -2.44. The number of fused-ring (bicyclic) bond motifs is 1. The number of rotatable bonds is 3. The summed E-state index contributed by atoms with van der Waals surface area (Å²) in [4.78, 5) is 14.8. The average Bonchev–Trinajstić information content (AvgIpc) is 2.77. The molecule has 0 radical (unpaired) electrons. The molecule has 0 spiro atoms. The molecule has 2 heterocycles. The van der Waals surface area contributed by atoms with Crippen molar-refractivity contribution in [3.8, 4) is 0 Å². The standard InChI is InChI=1S/C17H24N2O/c20-17(15-9-2-1-5-11-18-15)13-19-12-6-8-14-7-3-4-10-16(14)19/h3-4,7,10,15,18H,1-2,5-6,8-9,11-13H2. The van der Waals surface area contributed by atoms with Gasteiger partial charge in [-0.25, -0.2) is 0 Å². The number of benzene rings is 1. The zero-order valence-electron chi connectivity index (χ0n) is 12.1. The molecule has 0 aliphatic carbocycles. The highest BCUT2D eigenvalue weighted by atomic mass is 16.1. The van der Waals surface area contributed by atoms with Crippen molar-refractivity contribution in [2.45, 2.75) is 44.6 Å². The van der Waals surface area contributed by atoms with Gasteiger partial charge in [0, 0.05) is 12.2 Å². The quantitative estimate of drug-likeness (QED) is 0.918. The lowest BCUT2D eigenvalue weighted by Gasteiger charge is -2.31. The fourth-order valence-electron chi connectivity index (χ4n) is 3.38. The molecule has 0 bridgehead atoms. The first-order valence-corrected chi connectivity index (χ1v) is 7.93. The second-order valence-electron chi connectivity index (χ2n) is 5.98. The minimum Gasteiger partial charge on any atom is -0.364 e. The Bertz CT molecular complexity index is 464. The smallest absolute Gasteiger partial charge is 0.168 e. The maximum atomic E-state index is 12.5. The van der Waals surface area contributed by atoms with Gasteiger partial charge in [-0.05, 0) is 43.9 Å². The Labute approximate surface area is 121 Å². The molecule has 1 N–H and O–H groups in total. The van der Waals surface area contributed by atoms with Crippen molar-refractivity contribution in [2.24, 2.45) is 0 Å². The number of ketones is 1. The summed E-state index contributed by atoms with van der Waals surface area (Å²) in [5, 5.41) is 3.42. The van der Waals surface area contributed by atoms with E-state index in [1.54, 1.807) is 0 Å². The van der Waals surface area contributed by atoms with Crippen LogP contribution in [-0.4, -0.2) is 31.5 Å². The van der Waals surface area contributed by atoms with E-state index in [0.717, 1.165) is 32.4 Å². The molecule has 1 fully saturated rings. The number of nitrogens with zero attached hydrogens (tertiary/aromatic N) is 1. The van der Waals surface area contributed by atoms with Crippen LogP contribution in [0.2, 0.25) is 0 Å². The van der Waals surface area contributed by atoms with Crippen LogP contribution in [0.5, 0.6) is 0 Å². The highest BCUT2D eigenvalue weighted by molar-refractivity contribution is 5.88. The fourth-order valence-corrected chi connectivity index (χ4v) is 3.38. The molecule has 2 aliphatic rings. The number of hydrogen-bond donors (Lipinski definition) is 1. The van der Waals surface area contributed by atoms with E-state index < -0.39 is 0 Å². The average molecular weight is 272 g/mol. The fraction of sp³-hybridized carbons (Fsp3) is 0.588. The molecule has 1 atom stereocenters. The Balaban J connectivity index is 1.67. The van der Waals surface area contributed by atoms with Crippen LogP contribution >= 0.6 is 0 Å². The molecule has 3 rings (SSSR count). The Morgan fingerprint density at radius 1 is 1.20 bits per heavy atom. The SMILES string of the molecule is O=C(CN1CCCc2ccccc21)C1CCCCCN1. The summed E-state index contributed by atoms with van der Waals surface area (Å²) in [6.07, 6.45) is 6.94. The number of carbonyl (C=O) groups excluding carboxylic acids is 1. The first-order chi connectivity index (χ1) is 9.84. The molecule has 3 nitrogen and oxygen atoms in total. The van der Waals surface area contributed by atoms with E-state index in [1.807, 2.05) is 0 Å². The van der Waals surface area contributed by atoms with Crippen LogP contribution in [0.25, 0.3) is 0 Å². The molecule has 1 unspecified atom stereocenters. The number of carbonyl (C=O) groups is 1. The predicted octanol–water partition coefficient (Wildman–Crippen LogP) is 2.54. The van der Waals surface area contributed by atoms with Gasteiger partial charge in [-0.3, -0.25) is 4.79 Å². The van der Waals surface area contributed by atoms with Gasteiger partial charge in [0.05, 0.1) is 12.6 Å². The Kier molecular flexibility index (Phi) is 4.36. The lowest BCUT2D eigenvalue weighted by atomic mass is 10.00. The predicted molar refractivity (Wildman–Crippen MR) is 82.2 cm³/mol. The van der Waals surface area contributed by atoms with E-state index >= 15 is 0 Å². The summed E-state index contributed by atoms with van der Waals surface area (Å²) >= 11 is 0. The third-order valence-electron chi connectivity index (χ3n) is 4.50. The van der Waals surface area contributed by atoms with Crippen molar-refractivity contribution in [3.05, 3.63) is 29.8 Å². The Morgan fingerprint density at radius 3 is 3.05 bits per heavy atom. The van der Waals surface area contributed by atoms with Crippen molar-refractivity contribution < 1.29 is 4.79 Å². The largest absolute Gasteiger partial charge is 0.364 e. The maximum Gasteiger partial charge on any atom is 0.168 e. The number of anilines is 1. The van der Waals surface area contributed by atoms with E-state index in [1.165, 1.54) is 30.5 Å². The van der Waals surface area contributed by atoms with Crippen LogP contribution in [-0.2, 0) is 11.2 Å². The molecule has 0 aromatic heterocycles. The van der Waals surface area contributed by atoms with Crippen molar-refractivity contribution in [1.29, 1.82) is 0 Å². The van der Waals surface area contributed by atoms with E-state index in [-0.39, 0.29) is 6.04 Å². The van der Waals surface area contributed by atoms with E-state index in [0.29, 0.717) is 12.3 Å². The minimum absolute atomic E-state index is 0.0755. The third-order valence-corrected chi connectivity index (χ3v) is 4.50. The number of para-hydroxylation sites is 1. The molecular formula is C17H24N2O. The van der Waals surface area contributed by atoms with Crippen LogP contribution < -0.4 is 10.2 Å². The van der Waals surface area contributed by atoms with E-state index in [9.17, 15) is 4.79 Å². The van der Waals surface area contributed by atoms with Gasteiger partial charge in [-0.15, -0.1) is 0 Å². The summed E-state index contributed by atoms with van der Waals surface area (Å²) in [6.45, 7) is 2.57. The highest BCUT2D eigenvalue weighted by Gasteiger charge is 2.24. The van der Waals surface area contributed by atoms with Gasteiger partial charge >= 0.3 is 0 Å². The molecule has 0 saturated carbocycles. The number of nitrogens with one attached hydrogen (secondary N) is 1. The Morgan fingerprint density at radius 2 is 2.10 bits per heavy atom.